The molecule has 0 saturated heterocycles. The number of aliphatic hydroxyl groups excluding tert-OH is 1. The molecule has 0 amide bonds. The third-order valence-electron chi connectivity index (χ3n) is 1.81. The summed E-state index contributed by atoms with van der Waals surface area (Å²) in [5.74, 6) is 0.607. The van der Waals surface area contributed by atoms with Gasteiger partial charge in [-0.2, -0.15) is 5.26 Å². The van der Waals surface area contributed by atoms with Gasteiger partial charge in [-0.3, -0.25) is 0 Å². The Balaban J connectivity index is 2.89. The molecule has 0 aromatic carbocycles. The molecule has 4 heteroatoms. The second-order valence-corrected chi connectivity index (χ2v) is 3.22. The third-order valence-corrected chi connectivity index (χ3v) is 1.81. The van der Waals surface area contributed by atoms with Crippen molar-refractivity contribution in [2.45, 2.75) is 13.0 Å². The number of rotatable bonds is 3. The van der Waals surface area contributed by atoms with Crippen LogP contribution in [-0.2, 0) is 0 Å². The molecule has 4 nitrogen and oxygen atoms in total. The number of aromatic nitrogens is 1. The molecular weight excluding hydrogens is 178 g/mol. The first-order valence-electron chi connectivity index (χ1n) is 4.39. The van der Waals surface area contributed by atoms with Gasteiger partial charge in [-0.05, 0) is 19.1 Å². The minimum absolute atomic E-state index is 0.437. The highest BCUT2D eigenvalue weighted by molar-refractivity contribution is 5.52. The van der Waals surface area contributed by atoms with Crippen molar-refractivity contribution >= 4 is 5.82 Å². The summed E-state index contributed by atoms with van der Waals surface area (Å²) in [4.78, 5) is 5.86. The summed E-state index contributed by atoms with van der Waals surface area (Å²) in [6.07, 6.45) is 1.20. The first kappa shape index (κ1) is 10.5. The molecule has 1 aromatic heterocycles. The number of likely N-dealkylation sites (N-methyl/N-ethyl adjacent to an activating group) is 1. The summed E-state index contributed by atoms with van der Waals surface area (Å²) < 4.78 is 0. The van der Waals surface area contributed by atoms with E-state index in [1.54, 1.807) is 37.2 Å². The van der Waals surface area contributed by atoms with Crippen LogP contribution in [0.15, 0.2) is 18.3 Å². The summed E-state index contributed by atoms with van der Waals surface area (Å²) in [5, 5.41) is 18.0. The van der Waals surface area contributed by atoms with E-state index in [0.29, 0.717) is 17.9 Å². The van der Waals surface area contributed by atoms with E-state index in [1.807, 2.05) is 0 Å². The molecule has 1 aromatic rings. The van der Waals surface area contributed by atoms with Crippen molar-refractivity contribution in [3.05, 3.63) is 23.9 Å². The quantitative estimate of drug-likeness (QED) is 0.766. The zero-order valence-corrected chi connectivity index (χ0v) is 8.31. The summed E-state index contributed by atoms with van der Waals surface area (Å²) >= 11 is 0. The van der Waals surface area contributed by atoms with Crippen molar-refractivity contribution in [1.82, 2.24) is 4.98 Å². The van der Waals surface area contributed by atoms with Gasteiger partial charge in [-0.1, -0.05) is 0 Å². The van der Waals surface area contributed by atoms with Crippen LogP contribution in [0.25, 0.3) is 0 Å². The SMILES string of the molecule is CC(O)CN(C)c1ncccc1C#N. The van der Waals surface area contributed by atoms with E-state index in [9.17, 15) is 5.11 Å². The van der Waals surface area contributed by atoms with Crippen LogP contribution in [0.5, 0.6) is 0 Å². The molecule has 1 atom stereocenters. The van der Waals surface area contributed by atoms with E-state index >= 15 is 0 Å². The van der Waals surface area contributed by atoms with Crippen LogP contribution in [0.4, 0.5) is 5.82 Å². The van der Waals surface area contributed by atoms with Gasteiger partial charge in [0.1, 0.15) is 11.9 Å². The third kappa shape index (κ3) is 2.44. The average Bonchev–Trinajstić information content (AvgIpc) is 2.16. The van der Waals surface area contributed by atoms with E-state index < -0.39 is 6.10 Å². The molecule has 0 aliphatic carbocycles. The summed E-state index contributed by atoms with van der Waals surface area (Å²) in [6.45, 7) is 2.16. The van der Waals surface area contributed by atoms with E-state index in [-0.39, 0.29) is 0 Å². The lowest BCUT2D eigenvalue weighted by atomic mass is 10.2. The topological polar surface area (TPSA) is 60.1 Å². The lowest BCUT2D eigenvalue weighted by molar-refractivity contribution is 0.201. The predicted molar refractivity (Wildman–Crippen MR) is 53.9 cm³/mol. The lowest BCUT2D eigenvalue weighted by Crippen LogP contribution is -2.28. The van der Waals surface area contributed by atoms with Gasteiger partial charge in [0.25, 0.3) is 0 Å². The van der Waals surface area contributed by atoms with Crippen LogP contribution < -0.4 is 4.90 Å². The zero-order chi connectivity index (χ0) is 10.6. The Bertz CT molecular complexity index is 343. The molecule has 1 rings (SSSR count). The smallest absolute Gasteiger partial charge is 0.146 e. The molecule has 0 saturated carbocycles. The van der Waals surface area contributed by atoms with Gasteiger partial charge in [0.15, 0.2) is 0 Å². The molecule has 14 heavy (non-hydrogen) atoms. The predicted octanol–water partition coefficient (Wildman–Crippen LogP) is 0.770. The Morgan fingerprint density at radius 2 is 2.43 bits per heavy atom. The summed E-state index contributed by atoms with van der Waals surface area (Å²) in [6, 6.07) is 5.49. The maximum absolute atomic E-state index is 9.20. The maximum Gasteiger partial charge on any atom is 0.146 e. The van der Waals surface area contributed by atoms with E-state index in [0.717, 1.165) is 0 Å². The second-order valence-electron chi connectivity index (χ2n) is 3.22. The molecule has 1 unspecified atom stereocenters. The van der Waals surface area contributed by atoms with Crippen LogP contribution in [0.2, 0.25) is 0 Å². The minimum Gasteiger partial charge on any atom is -0.392 e. The second kappa shape index (κ2) is 4.58. The van der Waals surface area contributed by atoms with Gasteiger partial charge in [0, 0.05) is 19.8 Å². The van der Waals surface area contributed by atoms with Gasteiger partial charge >= 0.3 is 0 Å². The Morgan fingerprint density at radius 1 is 1.71 bits per heavy atom. The lowest BCUT2D eigenvalue weighted by Gasteiger charge is -2.20. The van der Waals surface area contributed by atoms with E-state index in [1.165, 1.54) is 0 Å². The molecule has 1 heterocycles. The van der Waals surface area contributed by atoms with Crippen LogP contribution in [0, 0.1) is 11.3 Å². The van der Waals surface area contributed by atoms with Gasteiger partial charge in [0.2, 0.25) is 0 Å². The fourth-order valence-electron chi connectivity index (χ4n) is 1.27. The Labute approximate surface area is 83.4 Å². The van der Waals surface area contributed by atoms with Crippen molar-refractivity contribution in [2.24, 2.45) is 0 Å². The number of hydrogen-bond donors (Lipinski definition) is 1. The average molecular weight is 191 g/mol. The zero-order valence-electron chi connectivity index (χ0n) is 8.31. The Kier molecular flexibility index (Phi) is 3.43. The van der Waals surface area contributed by atoms with Crippen molar-refractivity contribution in [3.8, 4) is 6.07 Å². The van der Waals surface area contributed by atoms with E-state index in [4.69, 9.17) is 5.26 Å². The first-order chi connectivity index (χ1) is 6.65. The number of nitrogens with zero attached hydrogens (tertiary/aromatic N) is 3. The molecule has 74 valence electrons. The van der Waals surface area contributed by atoms with Crippen LogP contribution >= 0.6 is 0 Å². The highest BCUT2D eigenvalue weighted by Crippen LogP contribution is 2.14. The minimum atomic E-state index is -0.437. The standard InChI is InChI=1S/C10H13N3O/c1-8(14)7-13(2)10-9(6-11)4-3-5-12-10/h3-5,8,14H,7H2,1-2H3. The van der Waals surface area contributed by atoms with Gasteiger partial charge in [-0.15, -0.1) is 0 Å². The van der Waals surface area contributed by atoms with Crippen molar-refractivity contribution < 1.29 is 5.11 Å². The van der Waals surface area contributed by atoms with Crippen molar-refractivity contribution in [2.75, 3.05) is 18.5 Å². The summed E-state index contributed by atoms with van der Waals surface area (Å²) in [5.41, 5.74) is 0.524. The molecule has 0 aliphatic rings. The number of aliphatic hydroxyl groups is 1. The van der Waals surface area contributed by atoms with Gasteiger partial charge in [-0.25, -0.2) is 4.98 Å². The largest absolute Gasteiger partial charge is 0.392 e. The Hall–Kier alpha value is -1.60. The van der Waals surface area contributed by atoms with Crippen molar-refractivity contribution in [1.29, 1.82) is 5.26 Å². The number of anilines is 1. The van der Waals surface area contributed by atoms with Crippen LogP contribution in [-0.4, -0.2) is 29.8 Å². The molecule has 0 aliphatic heterocycles. The molecule has 0 bridgehead atoms. The fraction of sp³-hybridized carbons (Fsp3) is 0.400. The molecule has 0 radical (unpaired) electrons. The number of pyridine rings is 1. The molecular formula is C10H13N3O. The van der Waals surface area contributed by atoms with Crippen LogP contribution in [0.1, 0.15) is 12.5 Å². The number of nitriles is 1. The molecule has 0 fully saturated rings. The molecule has 1 N–H and O–H groups in total. The monoisotopic (exact) mass is 191 g/mol. The fourth-order valence-corrected chi connectivity index (χ4v) is 1.27. The first-order valence-corrected chi connectivity index (χ1v) is 4.39. The van der Waals surface area contributed by atoms with Gasteiger partial charge < -0.3 is 10.0 Å². The summed E-state index contributed by atoms with van der Waals surface area (Å²) in [7, 11) is 1.80. The Morgan fingerprint density at radius 3 is 3.00 bits per heavy atom. The normalized spacial score (nSPS) is 11.9. The van der Waals surface area contributed by atoms with E-state index in [2.05, 4.69) is 11.1 Å². The maximum atomic E-state index is 9.20. The van der Waals surface area contributed by atoms with Crippen LogP contribution in [0.3, 0.4) is 0 Å². The highest BCUT2D eigenvalue weighted by Gasteiger charge is 2.09. The van der Waals surface area contributed by atoms with Crippen molar-refractivity contribution in [3.63, 3.8) is 0 Å². The highest BCUT2D eigenvalue weighted by atomic mass is 16.3. The molecule has 0 spiro atoms. The number of hydrogen-bond acceptors (Lipinski definition) is 4. The van der Waals surface area contributed by atoms with Gasteiger partial charge in [0.05, 0.1) is 11.7 Å².